The summed E-state index contributed by atoms with van der Waals surface area (Å²) in [5.74, 6) is 0.692. The first-order valence-corrected chi connectivity index (χ1v) is 11.0. The van der Waals surface area contributed by atoms with Crippen LogP contribution in [-0.4, -0.2) is 43.5 Å². The largest absolute Gasteiger partial charge is 0.490 e. The molecule has 0 saturated heterocycles. The Balaban J connectivity index is 1.66. The van der Waals surface area contributed by atoms with Crippen LogP contribution < -0.4 is 15.4 Å². The normalized spacial score (nSPS) is 18.6. The van der Waals surface area contributed by atoms with Gasteiger partial charge in [-0.3, -0.25) is 9.59 Å². The minimum atomic E-state index is -0.0814. The van der Waals surface area contributed by atoms with E-state index in [9.17, 15) is 9.59 Å². The molecule has 1 aliphatic carbocycles. The number of anilines is 2. The maximum absolute atomic E-state index is 12.6. The number of rotatable bonds is 6. The van der Waals surface area contributed by atoms with E-state index in [1.54, 1.807) is 0 Å². The summed E-state index contributed by atoms with van der Waals surface area (Å²) in [5, 5.41) is 5.96. The van der Waals surface area contributed by atoms with Crippen LogP contribution in [0.1, 0.15) is 54.7 Å². The Bertz CT molecular complexity index is 980. The van der Waals surface area contributed by atoms with Crippen LogP contribution in [0.15, 0.2) is 36.4 Å². The van der Waals surface area contributed by atoms with Gasteiger partial charge in [0.15, 0.2) is 0 Å². The fraction of sp³-hybridized carbons (Fsp3) is 0.440. The fourth-order valence-electron chi connectivity index (χ4n) is 4.57. The second-order valence-corrected chi connectivity index (χ2v) is 8.91. The molecule has 0 spiro atoms. The third-order valence-corrected chi connectivity index (χ3v) is 6.06. The predicted molar refractivity (Wildman–Crippen MR) is 123 cm³/mol. The number of hydrogen-bond acceptors (Lipinski definition) is 4. The van der Waals surface area contributed by atoms with E-state index in [1.807, 2.05) is 50.2 Å². The molecular formula is C25H31N3O3. The van der Waals surface area contributed by atoms with Gasteiger partial charge in [0.1, 0.15) is 5.75 Å². The van der Waals surface area contributed by atoms with Gasteiger partial charge < -0.3 is 20.3 Å². The van der Waals surface area contributed by atoms with Gasteiger partial charge in [-0.15, -0.1) is 0 Å². The number of amides is 2. The van der Waals surface area contributed by atoms with Crippen LogP contribution >= 0.6 is 0 Å². The van der Waals surface area contributed by atoms with E-state index in [0.717, 1.165) is 46.7 Å². The molecule has 0 aromatic heterocycles. The Morgan fingerprint density at radius 3 is 2.65 bits per heavy atom. The Morgan fingerprint density at radius 2 is 1.90 bits per heavy atom. The third kappa shape index (κ3) is 4.90. The second-order valence-electron chi connectivity index (χ2n) is 8.91. The summed E-state index contributed by atoms with van der Waals surface area (Å²) < 4.78 is 6.36. The van der Waals surface area contributed by atoms with Crippen LogP contribution in [0, 0.1) is 6.92 Å². The van der Waals surface area contributed by atoms with E-state index in [4.69, 9.17) is 4.74 Å². The second kappa shape index (κ2) is 9.10. The van der Waals surface area contributed by atoms with E-state index in [2.05, 4.69) is 22.8 Å². The summed E-state index contributed by atoms with van der Waals surface area (Å²) in [6, 6.07) is 12.0. The Morgan fingerprint density at radius 1 is 1.16 bits per heavy atom. The molecule has 1 unspecified atom stereocenters. The van der Waals surface area contributed by atoms with Crippen LogP contribution in [0.3, 0.4) is 0 Å². The molecule has 6 nitrogen and oxygen atoms in total. The molecule has 31 heavy (non-hydrogen) atoms. The highest BCUT2D eigenvalue weighted by Crippen LogP contribution is 2.43. The van der Waals surface area contributed by atoms with Crippen LogP contribution in [0.25, 0.3) is 0 Å². The highest BCUT2D eigenvalue weighted by Gasteiger charge is 2.30. The van der Waals surface area contributed by atoms with Gasteiger partial charge in [0, 0.05) is 29.3 Å². The first-order chi connectivity index (χ1) is 14.9. The van der Waals surface area contributed by atoms with Gasteiger partial charge in [-0.05, 0) is 70.0 Å². The Labute approximate surface area is 184 Å². The number of aryl methyl sites for hydroxylation is 1. The van der Waals surface area contributed by atoms with Crippen LogP contribution in [-0.2, 0) is 9.59 Å². The summed E-state index contributed by atoms with van der Waals surface area (Å²) >= 11 is 0. The lowest BCUT2D eigenvalue weighted by Gasteiger charge is -2.29. The lowest BCUT2D eigenvalue weighted by molar-refractivity contribution is -0.117. The van der Waals surface area contributed by atoms with Crippen LogP contribution in [0.2, 0.25) is 0 Å². The summed E-state index contributed by atoms with van der Waals surface area (Å²) in [4.78, 5) is 26.7. The van der Waals surface area contributed by atoms with Crippen molar-refractivity contribution in [1.82, 2.24) is 4.90 Å². The Hall–Kier alpha value is -2.86. The number of benzene rings is 2. The number of carbonyl (C=O) groups excluding carboxylic acids is 2. The molecule has 0 bridgehead atoms. The van der Waals surface area contributed by atoms with Crippen molar-refractivity contribution in [2.24, 2.45) is 0 Å². The minimum Gasteiger partial charge on any atom is -0.490 e. The monoisotopic (exact) mass is 421 g/mol. The minimum absolute atomic E-state index is 0.0254. The summed E-state index contributed by atoms with van der Waals surface area (Å²) in [7, 11) is 3.71. The zero-order chi connectivity index (χ0) is 22.0. The van der Waals surface area contributed by atoms with E-state index >= 15 is 0 Å². The van der Waals surface area contributed by atoms with Crippen molar-refractivity contribution in [1.29, 1.82) is 0 Å². The van der Waals surface area contributed by atoms with Crippen molar-refractivity contribution in [3.63, 3.8) is 0 Å². The lowest BCUT2D eigenvalue weighted by Crippen LogP contribution is -2.28. The first kappa shape index (κ1) is 21.4. The van der Waals surface area contributed by atoms with Gasteiger partial charge in [0.25, 0.3) is 0 Å². The topological polar surface area (TPSA) is 70.7 Å². The molecule has 0 radical (unpaired) electrons. The molecule has 1 heterocycles. The molecule has 2 aromatic rings. The lowest BCUT2D eigenvalue weighted by atomic mass is 9.83. The number of fused-ring (bicyclic) bond motifs is 1. The van der Waals surface area contributed by atoms with Gasteiger partial charge in [-0.2, -0.15) is 0 Å². The number of ether oxygens (including phenoxy) is 1. The number of nitrogens with one attached hydrogen (secondary N) is 2. The number of hydrogen-bond donors (Lipinski definition) is 2. The number of para-hydroxylation sites is 1. The number of carbonyl (C=O) groups is 2. The zero-order valence-corrected chi connectivity index (χ0v) is 18.5. The number of nitrogens with zero attached hydrogens (tertiary/aromatic N) is 1. The van der Waals surface area contributed by atoms with Gasteiger partial charge >= 0.3 is 0 Å². The quantitative estimate of drug-likeness (QED) is 0.730. The van der Waals surface area contributed by atoms with Crippen molar-refractivity contribution >= 4 is 23.2 Å². The van der Waals surface area contributed by atoms with Crippen LogP contribution in [0.4, 0.5) is 11.4 Å². The van der Waals surface area contributed by atoms with Gasteiger partial charge in [-0.25, -0.2) is 0 Å². The van der Waals surface area contributed by atoms with Gasteiger partial charge in [-0.1, -0.05) is 24.3 Å². The molecule has 164 valence electrons. The molecule has 1 aliphatic heterocycles. The zero-order valence-electron chi connectivity index (χ0n) is 18.5. The van der Waals surface area contributed by atoms with Crippen molar-refractivity contribution in [2.75, 3.05) is 31.3 Å². The molecule has 2 aromatic carbocycles. The van der Waals surface area contributed by atoms with Crippen molar-refractivity contribution in [3.8, 4) is 5.75 Å². The van der Waals surface area contributed by atoms with Crippen molar-refractivity contribution in [3.05, 3.63) is 53.1 Å². The van der Waals surface area contributed by atoms with Crippen LogP contribution in [0.5, 0.6) is 5.75 Å². The first-order valence-electron chi connectivity index (χ1n) is 11.0. The molecule has 2 aliphatic rings. The van der Waals surface area contributed by atoms with Gasteiger partial charge in [0.2, 0.25) is 11.8 Å². The maximum Gasteiger partial charge on any atom is 0.238 e. The fourth-order valence-corrected chi connectivity index (χ4v) is 4.57. The highest BCUT2D eigenvalue weighted by molar-refractivity contribution is 5.98. The maximum atomic E-state index is 12.6. The number of likely N-dealkylation sites (N-methyl/N-ethyl adjacent to an activating group) is 1. The third-order valence-electron chi connectivity index (χ3n) is 6.06. The van der Waals surface area contributed by atoms with E-state index in [0.29, 0.717) is 13.0 Å². The summed E-state index contributed by atoms with van der Waals surface area (Å²) in [5.41, 5.74) is 4.56. The smallest absolute Gasteiger partial charge is 0.238 e. The molecule has 1 atom stereocenters. The molecule has 6 heteroatoms. The van der Waals surface area contributed by atoms with E-state index in [-0.39, 0.29) is 23.8 Å². The standard InChI is InChI=1S/C25H31N3O3/c1-16-12-20-19(18-10-6-7-11-23(18)31-17-8-4-5-9-17)13-24(29)27-22(20)14-21(16)26-25(30)15-28(2)3/h6-7,10-12,14,17,19H,4-5,8-9,13,15H2,1-3H3,(H,26,30)(H,27,29). The van der Waals surface area contributed by atoms with Crippen molar-refractivity contribution in [2.45, 2.75) is 51.0 Å². The Kier molecular flexibility index (Phi) is 6.28. The molecule has 1 fully saturated rings. The van der Waals surface area contributed by atoms with E-state index < -0.39 is 0 Å². The predicted octanol–water partition coefficient (Wildman–Crippen LogP) is 4.29. The SMILES string of the molecule is Cc1cc2c(cc1NC(=O)CN(C)C)NC(=O)CC2c1ccccc1OC1CCCC1. The molecule has 2 amide bonds. The summed E-state index contributed by atoms with van der Waals surface area (Å²) in [6.45, 7) is 2.29. The summed E-state index contributed by atoms with van der Waals surface area (Å²) in [6.07, 6.45) is 5.24. The molecule has 1 saturated carbocycles. The van der Waals surface area contributed by atoms with E-state index in [1.165, 1.54) is 12.8 Å². The molecule has 2 N–H and O–H groups in total. The van der Waals surface area contributed by atoms with Crippen molar-refractivity contribution < 1.29 is 14.3 Å². The average Bonchev–Trinajstić information content (AvgIpc) is 3.21. The van der Waals surface area contributed by atoms with Gasteiger partial charge in [0.05, 0.1) is 12.6 Å². The highest BCUT2D eigenvalue weighted by atomic mass is 16.5. The molecular weight excluding hydrogens is 390 g/mol. The average molecular weight is 422 g/mol. The molecule has 4 rings (SSSR count).